The van der Waals surface area contributed by atoms with E-state index in [-0.39, 0.29) is 5.43 Å². The fraction of sp³-hybridized carbons (Fsp3) is 0.136. The second-order valence-corrected chi connectivity index (χ2v) is 6.41. The molecule has 0 spiro atoms. The van der Waals surface area contributed by atoms with Crippen LogP contribution in [0.5, 0.6) is 17.2 Å². The molecule has 1 aromatic heterocycles. The van der Waals surface area contributed by atoms with Crippen molar-refractivity contribution >= 4 is 43.5 Å². The zero-order valence-electron chi connectivity index (χ0n) is 15.1. The third-order valence-corrected chi connectivity index (χ3v) is 5.12. The summed E-state index contributed by atoms with van der Waals surface area (Å²) in [7, 11) is 4.76. The number of hydrogen-bond acceptors (Lipinski definition) is 5. The van der Waals surface area contributed by atoms with E-state index < -0.39 is 0 Å². The van der Waals surface area contributed by atoms with Crippen molar-refractivity contribution in [3.63, 3.8) is 0 Å². The molecule has 0 aliphatic heterocycles. The van der Waals surface area contributed by atoms with Crippen molar-refractivity contribution in [1.82, 2.24) is 0 Å². The third-order valence-electron chi connectivity index (χ3n) is 5.12. The molecule has 0 aliphatic carbocycles. The molecule has 1 heterocycles. The number of ether oxygens (including phenoxy) is 3. The summed E-state index contributed by atoms with van der Waals surface area (Å²) in [6.45, 7) is 0. The van der Waals surface area contributed by atoms with Crippen molar-refractivity contribution in [3.05, 3.63) is 52.7 Å². The fourth-order valence-corrected chi connectivity index (χ4v) is 3.87. The predicted molar refractivity (Wildman–Crippen MR) is 106 cm³/mol. The molecule has 0 unspecified atom stereocenters. The lowest BCUT2D eigenvalue weighted by Crippen LogP contribution is -2.01. The van der Waals surface area contributed by atoms with Crippen molar-refractivity contribution in [2.75, 3.05) is 21.3 Å². The number of rotatable bonds is 3. The van der Waals surface area contributed by atoms with Crippen molar-refractivity contribution in [1.29, 1.82) is 0 Å². The Labute approximate surface area is 154 Å². The average Bonchev–Trinajstić information content (AvgIpc) is 2.71. The molecule has 0 amide bonds. The van der Waals surface area contributed by atoms with Gasteiger partial charge < -0.3 is 18.6 Å². The molecule has 5 aromatic rings. The molecule has 5 rings (SSSR count). The molecule has 0 fully saturated rings. The third kappa shape index (κ3) is 2.02. The lowest BCUT2D eigenvalue weighted by Gasteiger charge is -2.16. The lowest BCUT2D eigenvalue weighted by molar-refractivity contribution is 0.355. The highest BCUT2D eigenvalue weighted by atomic mass is 16.5. The van der Waals surface area contributed by atoms with E-state index in [4.69, 9.17) is 18.6 Å². The zero-order valence-corrected chi connectivity index (χ0v) is 15.1. The van der Waals surface area contributed by atoms with E-state index in [1.165, 1.54) is 0 Å². The maximum Gasteiger partial charge on any atom is 0.186 e. The molecule has 27 heavy (non-hydrogen) atoms. The van der Waals surface area contributed by atoms with Crippen LogP contribution in [0.2, 0.25) is 0 Å². The average molecular weight is 360 g/mol. The Morgan fingerprint density at radius 1 is 0.704 bits per heavy atom. The van der Waals surface area contributed by atoms with Crippen LogP contribution in [0.15, 0.2) is 51.7 Å². The molecular weight excluding hydrogens is 344 g/mol. The van der Waals surface area contributed by atoms with Gasteiger partial charge in [-0.15, -0.1) is 0 Å². The Morgan fingerprint density at radius 2 is 1.37 bits per heavy atom. The van der Waals surface area contributed by atoms with Gasteiger partial charge in [-0.25, -0.2) is 0 Å². The summed E-state index contributed by atoms with van der Waals surface area (Å²) in [4.78, 5) is 12.5. The Bertz CT molecular complexity index is 1400. The van der Waals surface area contributed by atoms with E-state index in [1.54, 1.807) is 39.5 Å². The van der Waals surface area contributed by atoms with E-state index in [0.717, 1.165) is 26.9 Å². The molecule has 0 atom stereocenters. The van der Waals surface area contributed by atoms with Crippen molar-refractivity contribution < 1.29 is 18.6 Å². The van der Waals surface area contributed by atoms with E-state index in [0.29, 0.717) is 33.8 Å². The highest BCUT2D eigenvalue weighted by molar-refractivity contribution is 6.27. The summed E-state index contributed by atoms with van der Waals surface area (Å²) in [5, 5.41) is 5.22. The van der Waals surface area contributed by atoms with Crippen LogP contribution in [0.3, 0.4) is 0 Å². The first-order chi connectivity index (χ1) is 13.2. The minimum absolute atomic E-state index is 0.0393. The molecule has 134 valence electrons. The molecule has 4 aromatic carbocycles. The first-order valence-corrected chi connectivity index (χ1v) is 8.50. The summed E-state index contributed by atoms with van der Waals surface area (Å²) < 4.78 is 22.6. The second-order valence-electron chi connectivity index (χ2n) is 6.41. The predicted octanol–water partition coefficient (Wildman–Crippen LogP) is 4.72. The van der Waals surface area contributed by atoms with Gasteiger partial charge in [0.05, 0.1) is 21.3 Å². The minimum Gasteiger partial charge on any atom is -0.493 e. The summed E-state index contributed by atoms with van der Waals surface area (Å²) in [5.74, 6) is 1.73. The van der Waals surface area contributed by atoms with Gasteiger partial charge in [0.2, 0.25) is 0 Å². The standard InChI is InChI=1S/C22H16O5/c1-24-17-8-13-12-6-4-11-5-7-15(23)14-9-19(26-3)22(21(12)20(11)14)27-16(13)10-18(17)25-2/h4-10H,1-3H3. The van der Waals surface area contributed by atoms with Gasteiger partial charge in [-0.05, 0) is 29.0 Å². The van der Waals surface area contributed by atoms with E-state index in [9.17, 15) is 4.79 Å². The van der Waals surface area contributed by atoms with Crippen molar-refractivity contribution in [3.8, 4) is 17.2 Å². The summed E-state index contributed by atoms with van der Waals surface area (Å²) in [5.41, 5.74) is 1.22. The van der Waals surface area contributed by atoms with Crippen LogP contribution in [0.4, 0.5) is 0 Å². The molecular formula is C22H16O5. The maximum atomic E-state index is 12.5. The van der Waals surface area contributed by atoms with Crippen LogP contribution in [-0.2, 0) is 0 Å². The minimum atomic E-state index is -0.0393. The van der Waals surface area contributed by atoms with Gasteiger partial charge in [-0.2, -0.15) is 0 Å². The summed E-state index contributed by atoms with van der Waals surface area (Å²) in [6, 6.07) is 12.9. The van der Waals surface area contributed by atoms with Crippen LogP contribution >= 0.6 is 0 Å². The molecule has 0 saturated carbocycles. The highest BCUT2D eigenvalue weighted by Crippen LogP contribution is 2.44. The summed E-state index contributed by atoms with van der Waals surface area (Å²) in [6.07, 6.45) is 0. The molecule has 0 radical (unpaired) electrons. The lowest BCUT2D eigenvalue weighted by atomic mass is 9.94. The van der Waals surface area contributed by atoms with Gasteiger partial charge in [0.25, 0.3) is 0 Å². The Morgan fingerprint density at radius 3 is 2.11 bits per heavy atom. The SMILES string of the molecule is COc1cc2oc3c(OC)cc4c(=O)ccc5ccc(c2cc1OC)c3c54. The normalized spacial score (nSPS) is 11.7. The molecule has 5 heteroatoms. The number of methoxy groups -OCH3 is 3. The van der Waals surface area contributed by atoms with E-state index in [1.807, 2.05) is 24.3 Å². The Hall–Kier alpha value is -3.47. The largest absolute Gasteiger partial charge is 0.493 e. The van der Waals surface area contributed by atoms with Gasteiger partial charge in [0.1, 0.15) is 5.58 Å². The quantitative estimate of drug-likeness (QED) is 0.344. The van der Waals surface area contributed by atoms with Crippen LogP contribution in [-0.4, -0.2) is 21.3 Å². The fourth-order valence-electron chi connectivity index (χ4n) is 3.87. The topological polar surface area (TPSA) is 57.9 Å². The molecule has 0 aliphatic rings. The van der Waals surface area contributed by atoms with E-state index in [2.05, 4.69) is 0 Å². The van der Waals surface area contributed by atoms with Crippen LogP contribution in [0.25, 0.3) is 43.5 Å². The first-order valence-electron chi connectivity index (χ1n) is 8.50. The number of fused-ring (bicyclic) bond motifs is 2. The Kier molecular flexibility index (Phi) is 3.22. The van der Waals surface area contributed by atoms with Crippen molar-refractivity contribution in [2.24, 2.45) is 0 Å². The number of benzene rings is 4. The smallest absolute Gasteiger partial charge is 0.186 e. The molecule has 5 nitrogen and oxygen atoms in total. The van der Waals surface area contributed by atoms with Gasteiger partial charge in [-0.3, -0.25) is 4.79 Å². The zero-order chi connectivity index (χ0) is 18.7. The van der Waals surface area contributed by atoms with Crippen LogP contribution in [0.1, 0.15) is 0 Å². The molecule has 0 saturated heterocycles. The van der Waals surface area contributed by atoms with Gasteiger partial charge in [0.15, 0.2) is 28.3 Å². The van der Waals surface area contributed by atoms with Crippen LogP contribution in [0, 0.1) is 0 Å². The van der Waals surface area contributed by atoms with Crippen LogP contribution < -0.4 is 19.6 Å². The van der Waals surface area contributed by atoms with E-state index >= 15 is 0 Å². The highest BCUT2D eigenvalue weighted by Gasteiger charge is 2.19. The summed E-state index contributed by atoms with van der Waals surface area (Å²) >= 11 is 0. The van der Waals surface area contributed by atoms with Gasteiger partial charge in [0, 0.05) is 27.6 Å². The monoisotopic (exact) mass is 360 g/mol. The first kappa shape index (κ1) is 15.8. The maximum absolute atomic E-state index is 12.5. The second kappa shape index (κ2) is 5.51. The molecule has 0 bridgehead atoms. The van der Waals surface area contributed by atoms with Gasteiger partial charge in [-0.1, -0.05) is 18.2 Å². The molecule has 0 N–H and O–H groups in total. The number of hydrogen-bond donors (Lipinski definition) is 0. The van der Waals surface area contributed by atoms with Gasteiger partial charge >= 0.3 is 0 Å². The van der Waals surface area contributed by atoms with Crippen molar-refractivity contribution in [2.45, 2.75) is 0 Å². The Balaban J connectivity index is 2.11.